The molecule has 0 radical (unpaired) electrons. The molecule has 1 nitrogen and oxygen atoms in total. The summed E-state index contributed by atoms with van der Waals surface area (Å²) in [4.78, 5) is 0. The lowest BCUT2D eigenvalue weighted by Gasteiger charge is -2.03. The number of halogens is 1. The van der Waals surface area contributed by atoms with Gasteiger partial charge < -0.3 is 4.42 Å². The van der Waals surface area contributed by atoms with E-state index in [9.17, 15) is 0 Å². The molecular formula is C22H15IO. The Bertz CT molecular complexity index is 941. The molecule has 4 aromatic rings. The average molecular weight is 422 g/mol. The van der Waals surface area contributed by atoms with Gasteiger partial charge >= 0.3 is 0 Å². The van der Waals surface area contributed by atoms with Gasteiger partial charge in [0.2, 0.25) is 0 Å². The largest absolute Gasteiger partial charge is 0.454 e. The Morgan fingerprint density at radius 3 is 1.42 bits per heavy atom. The molecule has 0 fully saturated rings. The zero-order chi connectivity index (χ0) is 16.4. The molecule has 0 amide bonds. The Morgan fingerprint density at radius 1 is 0.500 bits per heavy atom. The fraction of sp³-hybridized carbons (Fsp3) is 0. The third-order valence-electron chi connectivity index (χ3n) is 3.98. The van der Waals surface area contributed by atoms with Crippen molar-refractivity contribution in [1.82, 2.24) is 0 Å². The second-order valence-electron chi connectivity index (χ2n) is 5.55. The summed E-state index contributed by atoms with van der Waals surface area (Å²) in [7, 11) is 0. The van der Waals surface area contributed by atoms with Gasteiger partial charge in [-0.25, -0.2) is 0 Å². The summed E-state index contributed by atoms with van der Waals surface area (Å²) in [5.41, 5.74) is 4.52. The predicted octanol–water partition coefficient (Wildman–Crippen LogP) is 6.89. The molecule has 4 rings (SSSR count). The molecule has 0 aliphatic carbocycles. The van der Waals surface area contributed by atoms with E-state index in [0.29, 0.717) is 0 Å². The Morgan fingerprint density at radius 2 is 0.917 bits per heavy atom. The molecule has 0 atom stereocenters. The van der Waals surface area contributed by atoms with Gasteiger partial charge in [-0.3, -0.25) is 0 Å². The minimum atomic E-state index is 0.921. The molecule has 0 bridgehead atoms. The highest BCUT2D eigenvalue weighted by Gasteiger charge is 2.21. The van der Waals surface area contributed by atoms with E-state index in [1.165, 1.54) is 5.56 Å². The second kappa shape index (κ2) is 6.65. The lowest BCUT2D eigenvalue weighted by atomic mass is 10.0. The molecule has 1 aromatic heterocycles. The van der Waals surface area contributed by atoms with E-state index < -0.39 is 0 Å². The van der Waals surface area contributed by atoms with E-state index >= 15 is 0 Å². The number of benzene rings is 3. The zero-order valence-electron chi connectivity index (χ0n) is 12.9. The molecule has 0 N–H and O–H groups in total. The Kier molecular flexibility index (Phi) is 4.22. The van der Waals surface area contributed by atoms with Crippen molar-refractivity contribution in [3.8, 4) is 33.8 Å². The van der Waals surface area contributed by atoms with Crippen LogP contribution in [0.25, 0.3) is 33.8 Å². The van der Waals surface area contributed by atoms with Gasteiger partial charge in [0.25, 0.3) is 0 Å². The van der Waals surface area contributed by atoms with Gasteiger partial charge in [-0.05, 0) is 28.2 Å². The molecule has 0 saturated heterocycles. The van der Waals surface area contributed by atoms with Crippen molar-refractivity contribution in [2.45, 2.75) is 0 Å². The highest BCUT2D eigenvalue weighted by Crippen LogP contribution is 2.43. The first-order chi connectivity index (χ1) is 11.8. The number of rotatable bonds is 3. The van der Waals surface area contributed by atoms with E-state index in [0.717, 1.165) is 31.8 Å². The van der Waals surface area contributed by atoms with Gasteiger partial charge in [0.05, 0.1) is 3.57 Å². The molecule has 0 aliphatic heterocycles. The van der Waals surface area contributed by atoms with Crippen LogP contribution in [0.15, 0.2) is 95.4 Å². The van der Waals surface area contributed by atoms with Crippen molar-refractivity contribution >= 4 is 22.6 Å². The van der Waals surface area contributed by atoms with Crippen LogP contribution < -0.4 is 0 Å². The van der Waals surface area contributed by atoms with E-state index in [2.05, 4.69) is 71.1 Å². The van der Waals surface area contributed by atoms with Crippen molar-refractivity contribution in [1.29, 1.82) is 0 Å². The van der Waals surface area contributed by atoms with Crippen LogP contribution in [0.2, 0.25) is 0 Å². The molecule has 0 aliphatic rings. The van der Waals surface area contributed by atoms with Gasteiger partial charge in [-0.15, -0.1) is 0 Å². The van der Waals surface area contributed by atoms with Gasteiger partial charge in [0.1, 0.15) is 11.5 Å². The third-order valence-corrected chi connectivity index (χ3v) is 5.01. The Hall–Kier alpha value is -2.33. The first-order valence-corrected chi connectivity index (χ1v) is 8.91. The van der Waals surface area contributed by atoms with E-state index in [1.807, 2.05) is 42.5 Å². The van der Waals surface area contributed by atoms with Gasteiger partial charge in [-0.2, -0.15) is 0 Å². The van der Waals surface area contributed by atoms with Crippen molar-refractivity contribution < 1.29 is 4.42 Å². The van der Waals surface area contributed by atoms with Gasteiger partial charge in [-0.1, -0.05) is 91.0 Å². The zero-order valence-corrected chi connectivity index (χ0v) is 15.1. The van der Waals surface area contributed by atoms with Crippen molar-refractivity contribution in [3.05, 3.63) is 94.6 Å². The van der Waals surface area contributed by atoms with E-state index in [4.69, 9.17) is 4.42 Å². The smallest absolute Gasteiger partial charge is 0.148 e. The Labute approximate surface area is 155 Å². The molecule has 3 aromatic carbocycles. The molecule has 1 heterocycles. The lowest BCUT2D eigenvalue weighted by Crippen LogP contribution is -1.82. The fourth-order valence-corrected chi connectivity index (χ4v) is 3.82. The van der Waals surface area contributed by atoms with Gasteiger partial charge in [0, 0.05) is 16.7 Å². The summed E-state index contributed by atoms with van der Waals surface area (Å²) in [6.45, 7) is 0. The van der Waals surface area contributed by atoms with Crippen LogP contribution in [0.1, 0.15) is 0 Å². The lowest BCUT2D eigenvalue weighted by molar-refractivity contribution is 0.596. The fourth-order valence-electron chi connectivity index (χ4n) is 2.84. The minimum absolute atomic E-state index is 0.921. The van der Waals surface area contributed by atoms with Crippen LogP contribution in [0.5, 0.6) is 0 Å². The Balaban J connectivity index is 1.99. The maximum absolute atomic E-state index is 6.36. The molecule has 2 heteroatoms. The standard InChI is InChI=1S/C22H15IO/c23-20-19(16-10-4-1-5-11-16)21(17-12-6-2-7-13-17)24-22(20)18-14-8-3-9-15-18/h1-15H. The predicted molar refractivity (Wildman–Crippen MR) is 108 cm³/mol. The monoisotopic (exact) mass is 422 g/mol. The number of hydrogen-bond acceptors (Lipinski definition) is 1. The van der Waals surface area contributed by atoms with Crippen LogP contribution in [-0.2, 0) is 0 Å². The molecular weight excluding hydrogens is 407 g/mol. The maximum Gasteiger partial charge on any atom is 0.148 e. The summed E-state index contributed by atoms with van der Waals surface area (Å²) >= 11 is 2.40. The topological polar surface area (TPSA) is 13.1 Å². The molecule has 0 unspecified atom stereocenters. The van der Waals surface area contributed by atoms with Crippen LogP contribution in [0.4, 0.5) is 0 Å². The maximum atomic E-state index is 6.36. The van der Waals surface area contributed by atoms with Crippen LogP contribution in [-0.4, -0.2) is 0 Å². The van der Waals surface area contributed by atoms with Crippen molar-refractivity contribution in [3.63, 3.8) is 0 Å². The molecule has 0 saturated carbocycles. The quantitative estimate of drug-likeness (QED) is 0.328. The van der Waals surface area contributed by atoms with E-state index in [1.54, 1.807) is 0 Å². The summed E-state index contributed by atoms with van der Waals surface area (Å²) < 4.78 is 7.51. The highest BCUT2D eigenvalue weighted by atomic mass is 127. The first-order valence-electron chi connectivity index (χ1n) is 7.83. The van der Waals surface area contributed by atoms with Crippen molar-refractivity contribution in [2.24, 2.45) is 0 Å². The second-order valence-corrected chi connectivity index (χ2v) is 6.63. The first kappa shape index (κ1) is 15.2. The molecule has 0 spiro atoms. The summed E-state index contributed by atoms with van der Waals surface area (Å²) in [5.74, 6) is 1.85. The van der Waals surface area contributed by atoms with Crippen LogP contribution in [0, 0.1) is 3.57 Å². The summed E-state index contributed by atoms with van der Waals surface area (Å²) in [6.07, 6.45) is 0. The minimum Gasteiger partial charge on any atom is -0.454 e. The van der Waals surface area contributed by atoms with Crippen molar-refractivity contribution in [2.75, 3.05) is 0 Å². The molecule has 116 valence electrons. The van der Waals surface area contributed by atoms with E-state index in [-0.39, 0.29) is 0 Å². The summed E-state index contributed by atoms with van der Waals surface area (Å²) in [5, 5.41) is 0. The van der Waals surface area contributed by atoms with Gasteiger partial charge in [0.15, 0.2) is 0 Å². The van der Waals surface area contributed by atoms with Crippen LogP contribution in [0.3, 0.4) is 0 Å². The average Bonchev–Trinajstić information content (AvgIpc) is 3.01. The molecule has 24 heavy (non-hydrogen) atoms. The number of hydrogen-bond donors (Lipinski definition) is 0. The third kappa shape index (κ3) is 2.78. The summed E-state index contributed by atoms with van der Waals surface area (Å²) in [6, 6.07) is 31.0. The normalized spacial score (nSPS) is 10.7. The SMILES string of the molecule is Ic1c(-c2ccccc2)oc(-c2ccccc2)c1-c1ccccc1. The number of furan rings is 1. The highest BCUT2D eigenvalue weighted by molar-refractivity contribution is 14.1. The van der Waals surface area contributed by atoms with Crippen LogP contribution >= 0.6 is 22.6 Å².